The Balaban J connectivity index is 0.00000166. The van der Waals surface area contributed by atoms with Gasteiger partial charge in [-0.1, -0.05) is 114 Å². The Kier molecular flexibility index (Phi) is 66.9. The van der Waals surface area contributed by atoms with Crippen molar-refractivity contribution in [1.82, 2.24) is 57.8 Å². The Hall–Kier alpha value is -11.3. The summed E-state index contributed by atoms with van der Waals surface area (Å²) in [6, 6.07) is 54.6. The quantitative estimate of drug-likeness (QED) is 0.0511. The number of hydrogen-bond acceptors (Lipinski definition) is 24. The van der Waals surface area contributed by atoms with Crippen molar-refractivity contribution in [3.63, 3.8) is 0 Å². The van der Waals surface area contributed by atoms with Gasteiger partial charge in [-0.25, -0.2) is 0 Å². The molecular weight excluding hydrogens is 1940 g/mol. The van der Waals surface area contributed by atoms with Crippen molar-refractivity contribution < 1.29 is 56.6 Å². The number of nitrogens with two attached hydrogens (primary N) is 9. The van der Waals surface area contributed by atoms with Crippen LogP contribution >= 0.6 is 11.6 Å². The van der Waals surface area contributed by atoms with Crippen LogP contribution in [0.1, 0.15) is 273 Å². The number of pyridine rings is 2. The van der Waals surface area contributed by atoms with Gasteiger partial charge in [0.1, 0.15) is 11.5 Å². The summed E-state index contributed by atoms with van der Waals surface area (Å²) in [5.41, 5.74) is 60.3. The molecule has 20 N–H and O–H groups in total. The van der Waals surface area contributed by atoms with Crippen LogP contribution in [0.2, 0.25) is 5.02 Å². The maximum Gasteiger partial charge on any atom is 0.281 e. The lowest BCUT2D eigenvalue weighted by Gasteiger charge is -2.31. The summed E-state index contributed by atoms with van der Waals surface area (Å²) in [4.78, 5) is 119. The van der Waals surface area contributed by atoms with Gasteiger partial charge in [0.15, 0.2) is 0 Å². The maximum atomic E-state index is 12.2. The molecule has 36 heteroatoms. The summed E-state index contributed by atoms with van der Waals surface area (Å²) in [6.07, 6.45) is 23.2. The zero-order valence-electron chi connectivity index (χ0n) is 82.7. The van der Waals surface area contributed by atoms with Crippen LogP contribution in [-0.2, 0) is 21.5 Å². The van der Waals surface area contributed by atoms with Crippen molar-refractivity contribution in [3.05, 3.63) is 256 Å². The van der Waals surface area contributed by atoms with Crippen molar-refractivity contribution in [1.29, 1.82) is 0 Å². The molecule has 0 radical (unpaired) electrons. The number of aromatic nitrogens is 2. The first-order valence-electron chi connectivity index (χ1n) is 49.3. The Morgan fingerprint density at radius 3 is 0.847 bits per heavy atom. The van der Waals surface area contributed by atoms with Crippen LogP contribution in [0, 0.1) is 6.92 Å². The van der Waals surface area contributed by atoms with Crippen molar-refractivity contribution in [2.45, 2.75) is 257 Å². The van der Waals surface area contributed by atoms with E-state index in [0.717, 1.165) is 231 Å². The number of rotatable bonds is 13. The molecule has 8 aromatic rings. The minimum Gasteiger partial charge on any atom is -0.508 e. The molecule has 838 valence electrons. The number of phenols is 1. The highest BCUT2D eigenvalue weighted by atomic mass is 35.5. The molecule has 6 aromatic carbocycles. The second kappa shape index (κ2) is 72.3. The fraction of sp³-hybridized carbons (Fsp3) is 0.526. The number of nitrogens with zero attached hydrogens (tertiary/aromatic N) is 12. The van der Waals surface area contributed by atoms with E-state index in [-0.39, 0.29) is 168 Å². The number of aryl methyl sites for hydroxylation is 1. The molecule has 9 fully saturated rings. The molecule has 0 spiro atoms. The highest BCUT2D eigenvalue weighted by molar-refractivity contribution is 7.86. The van der Waals surface area contributed by atoms with E-state index in [1.54, 1.807) is 119 Å². The molecule has 0 atom stereocenters. The normalized spacial score (nSPS) is 16.9. The maximum absolute atomic E-state index is 12.2. The average molecular weight is 2130 g/mol. The van der Waals surface area contributed by atoms with E-state index in [9.17, 15) is 46.8 Å². The first-order valence-corrected chi connectivity index (χ1v) is 51.1. The molecule has 0 aliphatic carbocycles. The molecule has 150 heavy (non-hydrogen) atoms. The van der Waals surface area contributed by atoms with Crippen molar-refractivity contribution in [2.75, 3.05) is 144 Å². The number of hydrogen-bond donors (Lipinski definition) is 11. The lowest BCUT2D eigenvalue weighted by atomic mass is 10.0. The van der Waals surface area contributed by atoms with Gasteiger partial charge in [0.05, 0.1) is 7.11 Å². The summed E-state index contributed by atoms with van der Waals surface area (Å²) >= 11 is 5.78. The Labute approximate surface area is 904 Å². The lowest BCUT2D eigenvalue weighted by Crippen LogP contribution is -2.47. The van der Waals surface area contributed by atoms with Gasteiger partial charge in [0.25, 0.3) is 51.6 Å². The van der Waals surface area contributed by atoms with Crippen LogP contribution in [-0.4, -0.2) is 312 Å². The summed E-state index contributed by atoms with van der Waals surface area (Å²) < 4.78 is 31.0. The number of nitrogens with one attached hydrogen (secondary N) is 1. The monoisotopic (exact) mass is 2120 g/mol. The molecule has 11 heterocycles. The van der Waals surface area contributed by atoms with E-state index >= 15 is 0 Å². The summed E-state index contributed by atoms with van der Waals surface area (Å²) in [6.45, 7) is 18.4. The number of anilines is 1. The molecule has 2 aromatic heterocycles. The molecule has 9 saturated heterocycles. The first kappa shape index (κ1) is 139. The predicted octanol–water partition coefficient (Wildman–Crippen LogP) is 14.7. The smallest absolute Gasteiger partial charge is 0.281 e. The third-order valence-electron chi connectivity index (χ3n) is 26.1. The van der Waals surface area contributed by atoms with Gasteiger partial charge >= 0.3 is 0 Å². The number of methoxy groups -OCH3 is 1. The second-order valence-corrected chi connectivity index (χ2v) is 40.0. The molecule has 9 aliphatic heterocycles. The van der Waals surface area contributed by atoms with E-state index < -0.39 is 10.2 Å². The average Bonchev–Trinajstić information content (AvgIpc) is 0.826. The third kappa shape index (κ3) is 47.3. The third-order valence-corrected chi connectivity index (χ3v) is 28.3. The van der Waals surface area contributed by atoms with Gasteiger partial charge in [-0.3, -0.25) is 53.2 Å². The second-order valence-electron chi connectivity index (χ2n) is 37.4. The number of piperidine rings is 9. The van der Waals surface area contributed by atoms with Crippen molar-refractivity contribution >= 4 is 74.8 Å². The molecule has 17 rings (SSSR count). The van der Waals surface area contributed by atoms with E-state index in [4.69, 9.17) is 73.0 Å². The lowest BCUT2D eigenvalue weighted by molar-refractivity contribution is -0.114. The molecule has 0 bridgehead atoms. The molecule has 0 saturated carbocycles. The molecule has 0 unspecified atom stereocenters. The zero-order valence-corrected chi connectivity index (χ0v) is 84.3. The van der Waals surface area contributed by atoms with Gasteiger partial charge in [0, 0.05) is 261 Å². The van der Waals surface area contributed by atoms with Gasteiger partial charge in [-0.05, 0) is 287 Å². The zero-order chi connectivity index (χ0) is 102. The summed E-state index contributed by atoms with van der Waals surface area (Å²) in [5.74, 6) is 1.37. The van der Waals surface area contributed by atoms with Crippen LogP contribution < -0.4 is 61.7 Å². The largest absolute Gasteiger partial charge is 0.508 e. The molecule has 8 amide bonds. The topological polar surface area (TPSA) is 505 Å². The van der Waals surface area contributed by atoms with Gasteiger partial charge in [-0.2, -0.15) is 17.0 Å². The number of aromatic hydroxyl groups is 1. The SMILES string of the molecule is C.C.C.C.C.C.C.C.C.CC(=O)Nc1ccc(C(=O)N2CCC(N)CC2)cc1.CN(C)S(=O)(=O)N1CCC(N)CC1.COc1ccc(C(=O)N2CCC(N)CC2)cc1.Cc1ccc(C(=O)N2CCC(N)CC2)cc1.NC1CCN(C(=O)c2ccc(Cl)cc2)CC1.NC1CCN(C(=O)c2ccc(O)cc2)CC1.NC1CCN(C(=O)c2ccccc2)CC1.NC1CCN(C(=O)c2ccncc2)CC1.NC1CCN(Cc2ccncc2)CC1. The minimum absolute atomic E-state index is 0. The number of ether oxygens (including phenoxy) is 1. The van der Waals surface area contributed by atoms with E-state index in [0.29, 0.717) is 70.7 Å². The van der Waals surface area contributed by atoms with E-state index in [2.05, 4.69) is 32.3 Å². The van der Waals surface area contributed by atoms with Crippen LogP contribution in [0.5, 0.6) is 11.5 Å². The Morgan fingerprint density at radius 1 is 0.340 bits per heavy atom. The predicted molar refractivity (Wildman–Crippen MR) is 616 cm³/mol. The number of amides is 8. The fourth-order valence-electron chi connectivity index (χ4n) is 16.8. The summed E-state index contributed by atoms with van der Waals surface area (Å²) in [5, 5.41) is 12.5. The number of likely N-dealkylation sites (tertiary alicyclic amines) is 8. The van der Waals surface area contributed by atoms with Crippen LogP contribution in [0.15, 0.2) is 201 Å². The number of carbonyl (C=O) groups excluding carboxylic acids is 8. The number of carbonyl (C=O) groups is 8. The van der Waals surface area contributed by atoms with Crippen LogP contribution in [0.25, 0.3) is 0 Å². The van der Waals surface area contributed by atoms with Crippen molar-refractivity contribution in [3.8, 4) is 11.5 Å². The Bertz CT molecular complexity index is 4930. The highest BCUT2D eigenvalue weighted by Crippen LogP contribution is 2.25. The molecule has 9 aliphatic rings. The van der Waals surface area contributed by atoms with Crippen LogP contribution in [0.3, 0.4) is 0 Å². The van der Waals surface area contributed by atoms with Gasteiger partial charge < -0.3 is 101 Å². The minimum atomic E-state index is -3.21. The van der Waals surface area contributed by atoms with Gasteiger partial charge in [0.2, 0.25) is 5.91 Å². The standard InChI is InChI=1S/C14H19N3O2.C13H18N2O2.C13H18N2O.C12H15ClN2O.C12H16N2O2.C12H16N2O.C11H15N3O.C11H17N3.C7H17N3O2S.9CH4/c1-10(18)16-13-4-2-11(3-5-13)14(19)17-8-6-12(15)7-9-17;1-17-12-4-2-10(3-5-12)13(16)15-8-6-11(14)7-9-15;1-10-2-4-11(5-3-10)13(16)15-8-6-12(14)7-9-15;13-10-3-1-9(2-4-10)12(16)15-7-5-11(14)6-8-15;13-10-5-7-14(8-6-10)12(16)9-1-3-11(15)4-2-9;13-11-6-8-14(9-7-11)12(15)10-4-2-1-3-5-10;12-10-3-7-14(8-4-10)11(15)9-1-5-13-6-2-9;12-11-3-7-14(8-4-11)9-10-1-5-13-6-2-10;1-9(2)13(11,12)10-5-3-7(8)4-6-10;;;;;;;;;/h2-5,12H,6-9,15H2,1H3,(H,16,18);2-5,11H,6-9,14H2,1H3;2-5,12H,6-9,14H2,1H3;1-4,11H,5-8,14H2;1-4,10,15H,5-8,13H2;1-5,11H,6-9,13H2;1-2,5-6,10H,3-4,7-8,12H2;1-2,5-6,11H,3-4,7-9,12H2;7H,3-6,8H2,1-2H3;9*1H4. The highest BCUT2D eigenvalue weighted by Gasteiger charge is 2.32. The number of halogens is 1. The molecular formula is C114H187ClN22O12S. The first-order chi connectivity index (χ1) is 67.6. The van der Waals surface area contributed by atoms with E-state index in [1.165, 1.54) is 38.8 Å². The molecule has 34 nitrogen and oxygen atoms in total. The Morgan fingerprint density at radius 2 is 0.573 bits per heavy atom. The van der Waals surface area contributed by atoms with Crippen LogP contribution in [0.4, 0.5) is 5.69 Å². The number of benzene rings is 6. The van der Waals surface area contributed by atoms with Crippen molar-refractivity contribution in [2.24, 2.45) is 51.6 Å². The van der Waals surface area contributed by atoms with Gasteiger partial charge in [-0.15, -0.1) is 0 Å². The fourth-order valence-corrected chi connectivity index (χ4v) is 18.1. The van der Waals surface area contributed by atoms with E-state index in [1.807, 2.05) is 120 Å². The number of phenolic OH excluding ortho intramolecular Hbond substituents is 1. The summed E-state index contributed by atoms with van der Waals surface area (Å²) in [7, 11) is 1.49.